The summed E-state index contributed by atoms with van der Waals surface area (Å²) in [7, 11) is 0. The van der Waals surface area contributed by atoms with Gasteiger partial charge in [-0.3, -0.25) is 28.8 Å². The van der Waals surface area contributed by atoms with Gasteiger partial charge in [-0.15, -0.1) is 12.6 Å². The Labute approximate surface area is 258 Å². The smallest absolute Gasteiger partial charge is 0.303 e. The second-order valence-electron chi connectivity index (χ2n) is 10.8. The molecule has 12 heteroatoms. The molecule has 5 rings (SSSR count). The Morgan fingerprint density at radius 2 is 1.70 bits per heavy atom. The highest BCUT2D eigenvalue weighted by Crippen LogP contribution is 2.34. The molecule has 0 saturated carbocycles. The lowest BCUT2D eigenvalue weighted by molar-refractivity contribution is -0.148. The summed E-state index contributed by atoms with van der Waals surface area (Å²) < 4.78 is 2.39. The second-order valence-corrected chi connectivity index (χ2v) is 11.7. The molecule has 1 fully saturated rings. The molecule has 0 atom stereocenters. The van der Waals surface area contributed by atoms with Crippen molar-refractivity contribution in [2.24, 2.45) is 5.41 Å². The number of hydrazine groups is 1. The first-order valence-electron chi connectivity index (χ1n) is 13.4. The number of aromatic nitrogens is 2. The summed E-state index contributed by atoms with van der Waals surface area (Å²) in [5.41, 5.74) is 3.18. The number of benzene rings is 3. The molecule has 10 nitrogen and oxygen atoms in total. The Hall–Kier alpha value is -4.68. The summed E-state index contributed by atoms with van der Waals surface area (Å²) in [6.45, 7) is 3.68. The fourth-order valence-electron chi connectivity index (χ4n) is 4.86. The molecule has 0 unspecified atom stereocenters. The molecule has 3 aromatic carbocycles. The van der Waals surface area contributed by atoms with E-state index in [0.717, 1.165) is 26.8 Å². The van der Waals surface area contributed by atoms with Crippen LogP contribution in [0.3, 0.4) is 0 Å². The maximum atomic E-state index is 13.2. The van der Waals surface area contributed by atoms with Crippen molar-refractivity contribution in [1.29, 1.82) is 0 Å². The number of aliphatic carboxylic acids is 1. The van der Waals surface area contributed by atoms with Gasteiger partial charge in [0, 0.05) is 34.3 Å². The lowest BCUT2D eigenvalue weighted by atomic mass is 9.94. The van der Waals surface area contributed by atoms with Crippen LogP contribution in [-0.2, 0) is 14.4 Å². The minimum Gasteiger partial charge on any atom is -0.481 e. The Morgan fingerprint density at radius 3 is 2.37 bits per heavy atom. The maximum Gasteiger partial charge on any atom is 0.303 e. The normalized spacial score (nSPS) is 14.2. The monoisotopic (exact) mass is 615 g/mol. The average molecular weight is 616 g/mol. The summed E-state index contributed by atoms with van der Waals surface area (Å²) in [5, 5.41) is 14.4. The third-order valence-electron chi connectivity index (χ3n) is 7.08. The quantitative estimate of drug-likeness (QED) is 0.147. The molecule has 0 aliphatic carbocycles. The molecule has 220 valence electrons. The summed E-state index contributed by atoms with van der Waals surface area (Å²) in [5.74, 6) is -2.47. The van der Waals surface area contributed by atoms with Gasteiger partial charge in [-0.25, -0.2) is 0 Å². The molecular formula is C31H29N5O5S2. The van der Waals surface area contributed by atoms with E-state index in [1.54, 1.807) is 44.2 Å². The van der Waals surface area contributed by atoms with Crippen LogP contribution in [0.25, 0.3) is 16.9 Å². The minimum atomic E-state index is -1.12. The van der Waals surface area contributed by atoms with Crippen LogP contribution in [0, 0.1) is 10.2 Å². The molecule has 0 spiro atoms. The van der Waals surface area contributed by atoms with Crippen molar-refractivity contribution in [3.05, 3.63) is 89.3 Å². The van der Waals surface area contributed by atoms with Crippen LogP contribution in [-0.4, -0.2) is 49.9 Å². The van der Waals surface area contributed by atoms with Gasteiger partial charge in [-0.1, -0.05) is 18.2 Å². The highest BCUT2D eigenvalue weighted by Gasteiger charge is 2.47. The lowest BCUT2D eigenvalue weighted by Crippen LogP contribution is -2.44. The number of carbonyl (C=O) groups is 4. The number of nitrogens with zero attached hydrogens (tertiary/aromatic N) is 3. The topological polar surface area (TPSA) is 128 Å². The van der Waals surface area contributed by atoms with E-state index in [1.165, 1.54) is 5.01 Å². The standard InChI is InChI=1S/C31H29N5O5S2/c1-31(2)18-34(36(29(31)41)26(37)14-15-27(38)39)22-10-6-20(7-11-22)28(40)33-21-4-3-5-23(16-21)35-25(17-32-30(35)43)19-8-12-24(42)13-9-19/h3-13,16-17,42H,14-15,18H2,1-2H3,(H,32,43)(H,33,40)(H,38,39). The fraction of sp³-hybridized carbons (Fsp3) is 0.194. The first-order chi connectivity index (χ1) is 20.4. The molecule has 0 bridgehead atoms. The van der Waals surface area contributed by atoms with E-state index in [0.29, 0.717) is 21.7 Å². The molecule has 4 aromatic rings. The van der Waals surface area contributed by atoms with Crippen molar-refractivity contribution in [2.45, 2.75) is 31.6 Å². The van der Waals surface area contributed by atoms with E-state index in [2.05, 4.69) is 22.9 Å². The van der Waals surface area contributed by atoms with Gasteiger partial charge < -0.3 is 15.4 Å². The Balaban J connectivity index is 1.34. The van der Waals surface area contributed by atoms with Crippen molar-refractivity contribution in [3.8, 4) is 16.9 Å². The maximum absolute atomic E-state index is 13.2. The van der Waals surface area contributed by atoms with Gasteiger partial charge in [-0.05, 0) is 80.7 Å². The number of anilines is 2. The van der Waals surface area contributed by atoms with Crippen molar-refractivity contribution in [1.82, 2.24) is 14.6 Å². The molecule has 1 aliphatic heterocycles. The highest BCUT2D eigenvalue weighted by atomic mass is 32.1. The summed E-state index contributed by atoms with van der Waals surface area (Å²) >= 11 is 9.91. The number of carboxylic acid groups (broad SMARTS) is 1. The third kappa shape index (κ3) is 6.25. The number of imide groups is 1. The zero-order valence-electron chi connectivity index (χ0n) is 23.4. The summed E-state index contributed by atoms with van der Waals surface area (Å²) in [4.78, 5) is 53.8. The van der Waals surface area contributed by atoms with E-state index >= 15 is 0 Å². The predicted molar refractivity (Wildman–Crippen MR) is 168 cm³/mol. The molecule has 3 N–H and O–H groups in total. The molecule has 2 heterocycles. The van der Waals surface area contributed by atoms with Crippen molar-refractivity contribution in [2.75, 3.05) is 16.9 Å². The molecule has 3 amide bonds. The molecule has 43 heavy (non-hydrogen) atoms. The summed E-state index contributed by atoms with van der Waals surface area (Å²) in [6.07, 6.45) is 1.15. The average Bonchev–Trinajstić information content (AvgIpc) is 3.48. The van der Waals surface area contributed by atoms with Crippen molar-refractivity contribution < 1.29 is 24.3 Å². The molecule has 1 saturated heterocycles. The number of hydrogen-bond acceptors (Lipinski definition) is 7. The van der Waals surface area contributed by atoms with E-state index < -0.39 is 23.2 Å². The Kier molecular flexibility index (Phi) is 8.25. The van der Waals surface area contributed by atoms with Gasteiger partial charge in [0.1, 0.15) is 0 Å². The van der Waals surface area contributed by atoms with Crippen LogP contribution in [0.5, 0.6) is 0 Å². The van der Waals surface area contributed by atoms with Gasteiger partial charge in [0.05, 0.1) is 35.4 Å². The number of hydrogen-bond donors (Lipinski definition) is 4. The number of nitrogens with one attached hydrogen (secondary N) is 2. The largest absolute Gasteiger partial charge is 0.481 e. The zero-order valence-corrected chi connectivity index (χ0v) is 25.1. The number of carbonyl (C=O) groups excluding carboxylic acids is 3. The first-order valence-corrected chi connectivity index (χ1v) is 14.3. The van der Waals surface area contributed by atoms with Crippen LogP contribution in [0.15, 0.2) is 83.9 Å². The number of imidazole rings is 1. The van der Waals surface area contributed by atoms with Crippen LogP contribution in [0.1, 0.15) is 37.0 Å². The van der Waals surface area contributed by atoms with Crippen LogP contribution in [0.4, 0.5) is 11.4 Å². The Bertz CT molecular complexity index is 1780. The Morgan fingerprint density at radius 1 is 1.00 bits per heavy atom. The predicted octanol–water partition coefficient (Wildman–Crippen LogP) is 5.72. The van der Waals surface area contributed by atoms with Crippen LogP contribution < -0.4 is 10.3 Å². The van der Waals surface area contributed by atoms with E-state index in [4.69, 9.17) is 17.3 Å². The molecular weight excluding hydrogens is 587 g/mol. The molecule has 1 aliphatic rings. The fourth-order valence-corrected chi connectivity index (χ4v) is 5.28. The van der Waals surface area contributed by atoms with E-state index in [-0.39, 0.29) is 25.3 Å². The number of H-pyrrole nitrogens is 1. The van der Waals surface area contributed by atoms with Crippen LogP contribution in [0.2, 0.25) is 0 Å². The van der Waals surface area contributed by atoms with Gasteiger partial charge in [-0.2, -0.15) is 5.01 Å². The second kappa shape index (κ2) is 11.9. The van der Waals surface area contributed by atoms with Gasteiger partial charge in [0.15, 0.2) is 4.77 Å². The number of carboxylic acids is 1. The minimum absolute atomic E-state index is 0.228. The number of thiol groups is 1. The van der Waals surface area contributed by atoms with Crippen LogP contribution >= 0.6 is 24.8 Å². The zero-order chi connectivity index (χ0) is 30.9. The van der Waals surface area contributed by atoms with Crippen molar-refractivity contribution in [3.63, 3.8) is 0 Å². The SMILES string of the molecule is CC1(C)CN(c2ccc(C(=O)Nc3cccc(-n4c(-c5ccc(S)cc5)c[nH]c4=S)c3)cc2)N(C(=O)CCC(=O)O)C1=O. The summed E-state index contributed by atoms with van der Waals surface area (Å²) in [6, 6.07) is 21.6. The first kappa shape index (κ1) is 29.8. The van der Waals surface area contributed by atoms with E-state index in [1.807, 2.05) is 53.2 Å². The number of aromatic amines is 1. The number of rotatable bonds is 8. The highest BCUT2D eigenvalue weighted by molar-refractivity contribution is 7.80. The third-order valence-corrected chi connectivity index (χ3v) is 7.67. The van der Waals surface area contributed by atoms with E-state index in [9.17, 15) is 19.2 Å². The van der Waals surface area contributed by atoms with Gasteiger partial charge in [0.25, 0.3) is 11.8 Å². The number of amides is 3. The van der Waals surface area contributed by atoms with Gasteiger partial charge in [0.2, 0.25) is 5.91 Å². The van der Waals surface area contributed by atoms with Crippen molar-refractivity contribution >= 4 is 59.9 Å². The van der Waals surface area contributed by atoms with Gasteiger partial charge >= 0.3 is 5.97 Å². The molecule has 0 radical (unpaired) electrons. The lowest BCUT2D eigenvalue weighted by Gasteiger charge is -2.27. The molecule has 1 aromatic heterocycles.